The molecule has 366 valence electrons. The van der Waals surface area contributed by atoms with E-state index in [1.54, 1.807) is 81.6 Å². The number of hydrogen-bond acceptors (Lipinski definition) is 14. The van der Waals surface area contributed by atoms with Crippen molar-refractivity contribution in [2.24, 2.45) is 16.7 Å². The molecule has 0 spiro atoms. The van der Waals surface area contributed by atoms with Crippen molar-refractivity contribution in [3.63, 3.8) is 0 Å². The maximum Gasteiger partial charge on any atom is 0.408 e. The summed E-state index contributed by atoms with van der Waals surface area (Å²) in [6.07, 6.45) is -3.22. The maximum absolute atomic E-state index is 15.7. The van der Waals surface area contributed by atoms with Gasteiger partial charge in [0.15, 0.2) is 25.8 Å². The molecule has 1 amide bonds. The monoisotopic (exact) mass is 946 g/mol. The molecule has 2 aliphatic heterocycles. The highest BCUT2D eigenvalue weighted by Crippen LogP contribution is 2.67. The molecule has 15 nitrogen and oxygen atoms in total. The van der Waals surface area contributed by atoms with E-state index in [9.17, 15) is 19.5 Å². The second kappa shape index (κ2) is 17.8. The van der Waals surface area contributed by atoms with E-state index in [2.05, 4.69) is 16.9 Å². The lowest BCUT2D eigenvalue weighted by atomic mass is 9.45. The highest BCUT2D eigenvalue weighted by atomic mass is 28.4. The number of fused-ring (bicyclic) bond motifs is 8. The van der Waals surface area contributed by atoms with E-state index in [0.29, 0.717) is 29.7 Å². The number of alkyl carbamates (subject to hydrolysis) is 1. The van der Waals surface area contributed by atoms with Crippen LogP contribution in [-0.4, -0.2) is 109 Å². The van der Waals surface area contributed by atoms with Crippen LogP contribution < -0.4 is 5.32 Å². The Labute approximate surface area is 395 Å². The number of benzene rings is 1. The predicted octanol–water partition coefficient (Wildman–Crippen LogP) is 8.08. The lowest BCUT2D eigenvalue weighted by Gasteiger charge is -2.68. The second-order valence-electron chi connectivity index (χ2n) is 21.8. The summed E-state index contributed by atoms with van der Waals surface area (Å²) >= 11 is 0. The molecule has 12 atom stereocenters. The number of hydrogen-bond donors (Lipinski definition) is 2. The Bertz CT molecular complexity index is 2260. The van der Waals surface area contributed by atoms with Gasteiger partial charge >= 0.3 is 24.0 Å². The fraction of sp³-hybridized carbons (Fsp3) is 0.627. The molecule has 2 bridgehead atoms. The molecular weight excluding hydrogens is 877 g/mol. The van der Waals surface area contributed by atoms with Crippen LogP contribution in [0, 0.1) is 16.7 Å². The zero-order chi connectivity index (χ0) is 49.3. The first kappa shape index (κ1) is 50.4. The molecule has 0 unspecified atom stereocenters. The van der Waals surface area contributed by atoms with Crippen molar-refractivity contribution < 1.29 is 61.9 Å². The summed E-state index contributed by atoms with van der Waals surface area (Å²) in [4.78, 5) is 61.7. The van der Waals surface area contributed by atoms with Gasteiger partial charge in [0.2, 0.25) is 0 Å². The fourth-order valence-electron chi connectivity index (χ4n) is 11.3. The van der Waals surface area contributed by atoms with Crippen molar-refractivity contribution in [3.05, 3.63) is 89.8 Å². The number of esters is 3. The average Bonchev–Trinajstić information content (AvgIpc) is 3.67. The number of aliphatic hydroxyl groups is 1. The number of nitrogens with one attached hydrogen (secondary N) is 1. The standard InChI is InChI=1S/C51H70N2O13Si/c1-15-36-62-38-37-30(4)34(61-44(56)49(12,66-67(13,14)46(6,7)8)40(33-23-19-20-26-52-33)53-45(57)60-29(2)3)27-51(58,47(37,9)10)42(64-43(55)32-21-17-16-18-22-32)39-48(11,41(38)63-36)25-24-35-50(39,28-59-35)65-31(5)54/h15-23,26,29,34-36,38-42,58H,1,24-25,27-28H2,2-14H3,(H,53,57)/t34-,35+,36+,38+,39-,40-,41+,42-,48+,49+,50-,51+/m0/s1. The zero-order valence-electron chi connectivity index (χ0n) is 41.3. The molecule has 2 aromatic rings. The van der Waals surface area contributed by atoms with Gasteiger partial charge in [-0.15, -0.1) is 0 Å². The Morgan fingerprint density at radius 2 is 1.67 bits per heavy atom. The normalized spacial score (nSPS) is 33.4. The summed E-state index contributed by atoms with van der Waals surface area (Å²) in [6, 6.07) is 12.4. The van der Waals surface area contributed by atoms with E-state index >= 15 is 4.79 Å². The average molecular weight is 947 g/mol. The lowest BCUT2D eigenvalue weighted by Crippen LogP contribution is -2.79. The van der Waals surface area contributed by atoms with Gasteiger partial charge in [0, 0.05) is 30.4 Å². The minimum Gasteiger partial charge on any atom is -0.456 e. The van der Waals surface area contributed by atoms with E-state index in [1.807, 2.05) is 61.6 Å². The molecule has 2 saturated heterocycles. The van der Waals surface area contributed by atoms with Gasteiger partial charge in [-0.25, -0.2) is 14.4 Å². The van der Waals surface area contributed by atoms with Crippen LogP contribution in [0.3, 0.4) is 0 Å². The van der Waals surface area contributed by atoms with Crippen LogP contribution in [0.5, 0.6) is 0 Å². The van der Waals surface area contributed by atoms with Crippen molar-refractivity contribution in [1.82, 2.24) is 10.3 Å². The van der Waals surface area contributed by atoms with Gasteiger partial charge in [0.25, 0.3) is 0 Å². The van der Waals surface area contributed by atoms with Gasteiger partial charge in [-0.3, -0.25) is 9.78 Å². The summed E-state index contributed by atoms with van der Waals surface area (Å²) in [5.74, 6) is -3.07. The van der Waals surface area contributed by atoms with Crippen molar-refractivity contribution in [1.29, 1.82) is 0 Å². The molecule has 5 aliphatic rings. The zero-order valence-corrected chi connectivity index (χ0v) is 42.3. The van der Waals surface area contributed by atoms with Gasteiger partial charge in [-0.1, -0.05) is 72.4 Å². The largest absolute Gasteiger partial charge is 0.456 e. The highest BCUT2D eigenvalue weighted by molar-refractivity contribution is 6.74. The van der Waals surface area contributed by atoms with Crippen molar-refractivity contribution >= 4 is 32.3 Å². The lowest BCUT2D eigenvalue weighted by molar-refractivity contribution is -0.345. The van der Waals surface area contributed by atoms with Crippen LogP contribution in [-0.2, 0) is 47.2 Å². The Morgan fingerprint density at radius 1 is 1.00 bits per heavy atom. The molecule has 4 fully saturated rings. The fourth-order valence-corrected chi connectivity index (χ4v) is 12.9. The van der Waals surface area contributed by atoms with Gasteiger partial charge < -0.3 is 48.0 Å². The summed E-state index contributed by atoms with van der Waals surface area (Å²) < 4.78 is 52.4. The molecular formula is C51H70N2O13Si. The number of rotatable bonds is 12. The number of carbonyl (C=O) groups excluding carboxylic acids is 4. The smallest absolute Gasteiger partial charge is 0.408 e. The van der Waals surface area contributed by atoms with Crippen molar-refractivity contribution in [2.45, 2.75) is 179 Å². The van der Waals surface area contributed by atoms with Gasteiger partial charge in [0.05, 0.1) is 36.0 Å². The number of carbonyl (C=O) groups is 4. The van der Waals surface area contributed by atoms with Crippen LogP contribution in [0.2, 0.25) is 18.1 Å². The third-order valence-corrected chi connectivity index (χ3v) is 20.3. The minimum atomic E-state index is -2.93. The predicted molar refractivity (Wildman–Crippen MR) is 249 cm³/mol. The molecule has 2 saturated carbocycles. The van der Waals surface area contributed by atoms with E-state index in [1.165, 1.54) is 6.92 Å². The Balaban J connectivity index is 1.44. The van der Waals surface area contributed by atoms with Crippen molar-refractivity contribution in [2.75, 3.05) is 6.61 Å². The van der Waals surface area contributed by atoms with Crippen LogP contribution in [0.1, 0.15) is 118 Å². The first-order valence-corrected chi connectivity index (χ1v) is 26.3. The van der Waals surface area contributed by atoms with E-state index in [4.69, 9.17) is 37.6 Å². The van der Waals surface area contributed by atoms with Crippen LogP contribution in [0.15, 0.2) is 78.5 Å². The summed E-state index contributed by atoms with van der Waals surface area (Å²) in [6.45, 7) is 28.0. The summed E-state index contributed by atoms with van der Waals surface area (Å²) in [7, 11) is -2.93. The number of pyridine rings is 1. The number of ether oxygens (including phenoxy) is 7. The molecule has 1 aromatic carbocycles. The minimum absolute atomic E-state index is 0.0268. The maximum atomic E-state index is 15.7. The van der Waals surface area contributed by atoms with E-state index in [0.717, 1.165) is 0 Å². The number of amides is 1. The van der Waals surface area contributed by atoms with Crippen LogP contribution in [0.25, 0.3) is 0 Å². The quantitative estimate of drug-likeness (QED) is 0.0900. The van der Waals surface area contributed by atoms with Crippen molar-refractivity contribution in [3.8, 4) is 0 Å². The number of aromatic nitrogens is 1. The third-order valence-electron chi connectivity index (χ3n) is 15.8. The molecule has 1 aromatic heterocycles. The first-order chi connectivity index (χ1) is 31.2. The Kier molecular flexibility index (Phi) is 13.4. The highest BCUT2D eigenvalue weighted by Gasteiger charge is 2.77. The third kappa shape index (κ3) is 8.57. The van der Waals surface area contributed by atoms with Crippen LogP contribution in [0.4, 0.5) is 4.79 Å². The molecule has 3 heterocycles. The van der Waals surface area contributed by atoms with Gasteiger partial charge in [-0.2, -0.15) is 0 Å². The Hall–Kier alpha value is -4.45. The molecule has 16 heteroatoms. The van der Waals surface area contributed by atoms with E-state index in [-0.39, 0.29) is 18.6 Å². The molecule has 7 rings (SSSR count). The molecule has 67 heavy (non-hydrogen) atoms. The molecule has 2 N–H and O–H groups in total. The summed E-state index contributed by atoms with van der Waals surface area (Å²) in [5, 5.41) is 16.6. The van der Waals surface area contributed by atoms with Gasteiger partial charge in [0.1, 0.15) is 36.1 Å². The molecule has 3 aliphatic carbocycles. The Morgan fingerprint density at radius 3 is 2.24 bits per heavy atom. The molecule has 0 radical (unpaired) electrons. The van der Waals surface area contributed by atoms with Crippen LogP contribution >= 0.6 is 0 Å². The second-order valence-corrected chi connectivity index (χ2v) is 26.5. The topological polar surface area (TPSA) is 187 Å². The van der Waals surface area contributed by atoms with E-state index < -0.39 is 120 Å². The first-order valence-electron chi connectivity index (χ1n) is 23.4. The summed E-state index contributed by atoms with van der Waals surface area (Å²) in [5.41, 5.74) is -5.92. The van der Waals surface area contributed by atoms with Gasteiger partial charge in [-0.05, 0) is 100 Å². The number of nitrogens with zero attached hydrogens (tertiary/aromatic N) is 1. The SMILES string of the molecule is C=C[C@@H]1O[C@@H]2C3=C(C)[C@@H](OC(=O)[C@](C)(O[Si](C)(C)C(C)(C)C)[C@@H](NC(=O)OC(C)C)c4ccccn4)C[C@@](O)([C@@H](OC(=O)c4ccccc4)[C@H]4[C@@](C)(CC[C@H]5OC[C@]54OC(C)=O)[C@@H]2O1)C3(C)C.